The first-order chi connectivity index (χ1) is 9.25. The first-order valence-electron chi connectivity index (χ1n) is 5.73. The van der Waals surface area contributed by atoms with Crippen LogP contribution in [0, 0.1) is 0 Å². The second kappa shape index (κ2) is 5.19. The van der Waals surface area contributed by atoms with Crippen LogP contribution in [0.25, 0.3) is 0 Å². The molecule has 0 aliphatic carbocycles. The molecule has 96 valence electrons. The van der Waals surface area contributed by atoms with E-state index in [1.165, 1.54) is 10.8 Å². The Morgan fingerprint density at radius 3 is 2.32 bits per heavy atom. The number of phenolic OH excluding ortho intramolecular Hbond substituents is 2. The molecule has 0 bridgehead atoms. The number of rotatable bonds is 2. The molecule has 3 nitrogen and oxygen atoms in total. The Kier molecular flexibility index (Phi) is 3.40. The molecule has 1 atom stereocenters. The van der Waals surface area contributed by atoms with E-state index in [0.717, 1.165) is 16.2 Å². The van der Waals surface area contributed by atoms with Crippen molar-refractivity contribution in [3.63, 3.8) is 0 Å². The highest BCUT2D eigenvalue weighted by Crippen LogP contribution is 2.50. The van der Waals surface area contributed by atoms with Gasteiger partial charge in [0.15, 0.2) is 0 Å². The Morgan fingerprint density at radius 1 is 0.895 bits per heavy atom. The minimum atomic E-state index is -0.138. The molecule has 0 spiro atoms. The highest BCUT2D eigenvalue weighted by Gasteiger charge is 2.25. The molecule has 3 rings (SSSR count). The van der Waals surface area contributed by atoms with Gasteiger partial charge in [0.2, 0.25) is 0 Å². The van der Waals surface area contributed by atoms with Crippen molar-refractivity contribution in [1.82, 2.24) is 0 Å². The molecule has 2 N–H and O–H groups in total. The Bertz CT molecular complexity index is 643. The van der Waals surface area contributed by atoms with Crippen LogP contribution in [0.1, 0.15) is 16.5 Å². The topological polar surface area (TPSA) is 52.8 Å². The van der Waals surface area contributed by atoms with Crippen LogP contribution in [-0.2, 0) is 0 Å². The van der Waals surface area contributed by atoms with E-state index in [-0.39, 0.29) is 16.9 Å². The van der Waals surface area contributed by atoms with Crippen LogP contribution in [-0.4, -0.2) is 15.3 Å². The van der Waals surface area contributed by atoms with E-state index in [9.17, 15) is 10.2 Å². The molecule has 0 aromatic heterocycles. The van der Waals surface area contributed by atoms with Gasteiger partial charge in [-0.2, -0.15) is 0 Å². The van der Waals surface area contributed by atoms with Crippen molar-refractivity contribution in [2.75, 3.05) is 0 Å². The summed E-state index contributed by atoms with van der Waals surface area (Å²) in [5.74, 6) is 0.482. The van der Waals surface area contributed by atoms with Crippen molar-refractivity contribution < 1.29 is 10.2 Å². The van der Waals surface area contributed by atoms with Gasteiger partial charge in [0.25, 0.3) is 0 Å². The summed E-state index contributed by atoms with van der Waals surface area (Å²) in [6.07, 6.45) is 0. The second-order valence-electron chi connectivity index (χ2n) is 4.04. The van der Waals surface area contributed by atoms with E-state index in [4.69, 9.17) is 0 Å². The molecule has 0 saturated heterocycles. The van der Waals surface area contributed by atoms with Gasteiger partial charge in [-0.25, -0.2) is 0 Å². The number of benzene rings is 2. The maximum absolute atomic E-state index is 9.84. The molecule has 5 heteroatoms. The Labute approximate surface area is 118 Å². The van der Waals surface area contributed by atoms with E-state index in [0.29, 0.717) is 0 Å². The van der Waals surface area contributed by atoms with Crippen LogP contribution < -0.4 is 0 Å². The van der Waals surface area contributed by atoms with Crippen molar-refractivity contribution in [2.45, 2.75) is 5.37 Å². The molecule has 0 amide bonds. The zero-order chi connectivity index (χ0) is 13.2. The van der Waals surface area contributed by atoms with E-state index in [1.807, 2.05) is 24.3 Å². The van der Waals surface area contributed by atoms with Gasteiger partial charge >= 0.3 is 0 Å². The molecule has 1 heterocycles. The first-order valence-corrected chi connectivity index (χ1v) is 7.94. The molecule has 0 radical (unpaired) electrons. The maximum Gasteiger partial charge on any atom is 0.136 e. The van der Waals surface area contributed by atoms with Gasteiger partial charge < -0.3 is 10.2 Å². The summed E-state index contributed by atoms with van der Waals surface area (Å²) in [4.78, 5) is 4.57. The maximum atomic E-state index is 9.84. The van der Waals surface area contributed by atoms with Crippen LogP contribution in [0.3, 0.4) is 0 Å². The lowest BCUT2D eigenvalue weighted by Gasteiger charge is -2.06. The Balaban J connectivity index is 1.94. The lowest BCUT2D eigenvalue weighted by Crippen LogP contribution is -1.92. The van der Waals surface area contributed by atoms with Crippen molar-refractivity contribution in [3.8, 4) is 11.5 Å². The molecule has 1 aliphatic rings. The molecule has 2 aromatic rings. The summed E-state index contributed by atoms with van der Waals surface area (Å²) in [7, 11) is 3.08. The van der Waals surface area contributed by atoms with Crippen molar-refractivity contribution in [1.29, 1.82) is 0 Å². The van der Waals surface area contributed by atoms with Gasteiger partial charge in [-0.3, -0.25) is 4.99 Å². The molecule has 0 saturated carbocycles. The Hall–Kier alpha value is -1.59. The molecule has 19 heavy (non-hydrogen) atoms. The fourth-order valence-electron chi connectivity index (χ4n) is 1.83. The average Bonchev–Trinajstić information content (AvgIpc) is 2.89. The molecule has 1 unspecified atom stereocenters. The normalized spacial score (nSPS) is 18.3. The standard InChI is InChI=1S/C14H11NO2S2/c16-11-7-3-1-5-9(11)13-15-14(19-18-13)10-6-2-4-8-12(10)17/h1-8,13,16-17H. The number of hydrogen-bond donors (Lipinski definition) is 2. The lowest BCUT2D eigenvalue weighted by atomic mass is 10.2. The number of para-hydroxylation sites is 2. The van der Waals surface area contributed by atoms with Crippen LogP contribution in [0.2, 0.25) is 0 Å². The summed E-state index contributed by atoms with van der Waals surface area (Å²) in [6, 6.07) is 14.3. The van der Waals surface area contributed by atoms with Gasteiger partial charge in [0.1, 0.15) is 21.9 Å². The van der Waals surface area contributed by atoms with Crippen molar-refractivity contribution in [3.05, 3.63) is 59.7 Å². The summed E-state index contributed by atoms with van der Waals surface area (Å²) in [6.45, 7) is 0. The zero-order valence-electron chi connectivity index (χ0n) is 9.85. The van der Waals surface area contributed by atoms with Gasteiger partial charge in [0, 0.05) is 11.1 Å². The lowest BCUT2D eigenvalue weighted by molar-refractivity contribution is 0.468. The summed E-state index contributed by atoms with van der Waals surface area (Å²) in [5.41, 5.74) is 1.53. The van der Waals surface area contributed by atoms with E-state index in [2.05, 4.69) is 4.99 Å². The van der Waals surface area contributed by atoms with Gasteiger partial charge in [-0.1, -0.05) is 41.1 Å². The van der Waals surface area contributed by atoms with E-state index >= 15 is 0 Å². The van der Waals surface area contributed by atoms with Crippen LogP contribution in [0.4, 0.5) is 0 Å². The highest BCUT2D eigenvalue weighted by molar-refractivity contribution is 8.83. The summed E-state index contributed by atoms with van der Waals surface area (Å²) >= 11 is 0. The third-order valence-corrected chi connectivity index (χ3v) is 5.22. The molecule has 2 aromatic carbocycles. The number of nitrogens with zero attached hydrogens (tertiary/aromatic N) is 1. The summed E-state index contributed by atoms with van der Waals surface area (Å²) < 4.78 is 0. The van der Waals surface area contributed by atoms with Crippen LogP contribution in [0.15, 0.2) is 53.5 Å². The SMILES string of the molecule is Oc1ccccc1C1=NC(c2ccccc2O)SS1. The first kappa shape index (κ1) is 12.4. The van der Waals surface area contributed by atoms with Gasteiger partial charge in [-0.05, 0) is 29.0 Å². The number of hydrogen-bond acceptors (Lipinski definition) is 5. The average molecular weight is 289 g/mol. The number of phenols is 2. The van der Waals surface area contributed by atoms with Crippen molar-refractivity contribution in [2.24, 2.45) is 4.99 Å². The quantitative estimate of drug-likeness (QED) is 0.822. The molecular formula is C14H11NO2S2. The highest BCUT2D eigenvalue weighted by atomic mass is 33.1. The second-order valence-corrected chi connectivity index (χ2v) is 6.31. The fourth-order valence-corrected chi connectivity index (χ4v) is 4.32. The third-order valence-electron chi connectivity index (χ3n) is 2.79. The third kappa shape index (κ3) is 2.43. The molecule has 0 fully saturated rings. The van der Waals surface area contributed by atoms with E-state index < -0.39 is 0 Å². The zero-order valence-corrected chi connectivity index (χ0v) is 11.5. The predicted molar refractivity (Wildman–Crippen MR) is 80.7 cm³/mol. The summed E-state index contributed by atoms with van der Waals surface area (Å²) in [5, 5.41) is 20.3. The monoisotopic (exact) mass is 289 g/mol. The van der Waals surface area contributed by atoms with Crippen LogP contribution in [0.5, 0.6) is 11.5 Å². The number of aromatic hydroxyl groups is 2. The molecular weight excluding hydrogens is 278 g/mol. The Morgan fingerprint density at radius 2 is 1.58 bits per heavy atom. The van der Waals surface area contributed by atoms with Gasteiger partial charge in [-0.15, -0.1) is 0 Å². The minimum absolute atomic E-state index is 0.138. The largest absolute Gasteiger partial charge is 0.508 e. The fraction of sp³-hybridized carbons (Fsp3) is 0.0714. The van der Waals surface area contributed by atoms with E-state index in [1.54, 1.807) is 35.1 Å². The van der Waals surface area contributed by atoms with Gasteiger partial charge in [0.05, 0.1) is 0 Å². The van der Waals surface area contributed by atoms with Crippen LogP contribution >= 0.6 is 21.6 Å². The minimum Gasteiger partial charge on any atom is -0.508 e. The predicted octanol–water partition coefficient (Wildman–Crippen LogP) is 3.94. The van der Waals surface area contributed by atoms with Crippen molar-refractivity contribution >= 4 is 26.6 Å². The number of aliphatic imine (C=N–C) groups is 1. The molecule has 1 aliphatic heterocycles. The smallest absolute Gasteiger partial charge is 0.136 e.